The molecule has 2 aromatic carbocycles. The van der Waals surface area contributed by atoms with Crippen LogP contribution in [0.25, 0.3) is 0 Å². The summed E-state index contributed by atoms with van der Waals surface area (Å²) in [4.78, 5) is 0. The molecular weight excluding hydrogens is 266 g/mol. The molecule has 1 saturated heterocycles. The lowest BCUT2D eigenvalue weighted by molar-refractivity contribution is 0.473. The number of aryl methyl sites for hydroxylation is 2. The molecule has 1 aliphatic heterocycles. The van der Waals surface area contributed by atoms with Gasteiger partial charge in [0.1, 0.15) is 0 Å². The van der Waals surface area contributed by atoms with Gasteiger partial charge in [-0.25, -0.2) is 0 Å². The molecular formula is C18H18ClN. The van der Waals surface area contributed by atoms with Gasteiger partial charge in [0.25, 0.3) is 0 Å². The predicted octanol–water partition coefficient (Wildman–Crippen LogP) is 4.07. The van der Waals surface area contributed by atoms with Crippen LogP contribution in [0.4, 0.5) is 0 Å². The molecule has 1 N–H and O–H groups in total. The Morgan fingerprint density at radius 1 is 0.950 bits per heavy atom. The molecule has 0 bridgehead atoms. The number of hydrogen-bond acceptors (Lipinski definition) is 1. The quantitative estimate of drug-likeness (QED) is 0.769. The number of hydrogen-bond donors (Lipinski definition) is 1. The fourth-order valence-corrected chi connectivity index (χ4v) is 4.15. The Morgan fingerprint density at radius 2 is 1.75 bits per heavy atom. The van der Waals surface area contributed by atoms with E-state index in [2.05, 4.69) is 41.7 Å². The van der Waals surface area contributed by atoms with Gasteiger partial charge in [0.2, 0.25) is 0 Å². The van der Waals surface area contributed by atoms with E-state index < -0.39 is 0 Å². The molecule has 0 aromatic heterocycles. The van der Waals surface area contributed by atoms with E-state index in [0.29, 0.717) is 0 Å². The zero-order valence-electron chi connectivity index (χ0n) is 11.5. The fraction of sp³-hybridized carbons (Fsp3) is 0.333. The summed E-state index contributed by atoms with van der Waals surface area (Å²) in [6, 6.07) is 15.3. The average molecular weight is 284 g/mol. The van der Waals surface area contributed by atoms with Crippen molar-refractivity contribution in [3.63, 3.8) is 0 Å². The Kier molecular flexibility index (Phi) is 2.87. The Hall–Kier alpha value is -1.31. The Morgan fingerprint density at radius 3 is 2.60 bits per heavy atom. The lowest BCUT2D eigenvalue weighted by Crippen LogP contribution is -2.38. The van der Waals surface area contributed by atoms with Crippen LogP contribution < -0.4 is 5.32 Å². The minimum atomic E-state index is 0.00696. The summed E-state index contributed by atoms with van der Waals surface area (Å²) in [5, 5.41) is 4.65. The zero-order valence-corrected chi connectivity index (χ0v) is 12.2. The number of fused-ring (bicyclic) bond motifs is 4. The monoisotopic (exact) mass is 283 g/mol. The van der Waals surface area contributed by atoms with Crippen molar-refractivity contribution in [3.05, 3.63) is 69.7 Å². The molecule has 2 aliphatic rings. The molecule has 1 spiro atoms. The first-order valence-corrected chi connectivity index (χ1v) is 7.80. The van der Waals surface area contributed by atoms with Crippen molar-refractivity contribution in [3.8, 4) is 0 Å². The summed E-state index contributed by atoms with van der Waals surface area (Å²) in [6.07, 6.45) is 4.60. The van der Waals surface area contributed by atoms with Crippen LogP contribution >= 0.6 is 11.6 Å². The number of rotatable bonds is 0. The first-order valence-electron chi connectivity index (χ1n) is 7.42. The molecule has 102 valence electrons. The molecule has 1 heterocycles. The molecule has 1 fully saturated rings. The standard InChI is InChI=1S/C18H18ClN/c19-15-8-9-17-14(12-15)7-6-13-4-1-2-5-16(13)18(17)10-3-11-20-18/h1-2,4-5,8-9,12,20H,3,6-7,10-11H2. The Labute approximate surface area is 125 Å². The third-order valence-electron chi connectivity index (χ3n) is 4.82. The zero-order chi connectivity index (χ0) is 13.6. The SMILES string of the molecule is Clc1ccc2c(c1)CCc1ccccc1C21CCCN1. The maximum atomic E-state index is 6.22. The smallest absolute Gasteiger partial charge is 0.0696 e. The molecule has 1 atom stereocenters. The van der Waals surface area contributed by atoms with Crippen LogP contribution in [0.2, 0.25) is 5.02 Å². The highest BCUT2D eigenvalue weighted by Gasteiger charge is 2.41. The van der Waals surface area contributed by atoms with Crippen molar-refractivity contribution in [2.24, 2.45) is 0 Å². The van der Waals surface area contributed by atoms with Gasteiger partial charge in [0, 0.05) is 5.02 Å². The van der Waals surface area contributed by atoms with Gasteiger partial charge in [-0.15, -0.1) is 0 Å². The largest absolute Gasteiger partial charge is 0.304 e. The third-order valence-corrected chi connectivity index (χ3v) is 5.06. The molecule has 20 heavy (non-hydrogen) atoms. The summed E-state index contributed by atoms with van der Waals surface area (Å²) >= 11 is 6.22. The number of nitrogens with one attached hydrogen (secondary N) is 1. The van der Waals surface area contributed by atoms with Crippen molar-refractivity contribution in [1.29, 1.82) is 0 Å². The fourth-order valence-electron chi connectivity index (χ4n) is 3.96. The van der Waals surface area contributed by atoms with Crippen LogP contribution in [0.5, 0.6) is 0 Å². The van der Waals surface area contributed by atoms with E-state index in [-0.39, 0.29) is 5.54 Å². The second-order valence-electron chi connectivity index (χ2n) is 5.89. The molecule has 0 amide bonds. The minimum Gasteiger partial charge on any atom is -0.304 e. The molecule has 4 rings (SSSR count). The molecule has 2 heteroatoms. The van der Waals surface area contributed by atoms with Crippen LogP contribution in [-0.4, -0.2) is 6.54 Å². The van der Waals surface area contributed by atoms with Crippen molar-refractivity contribution in [2.45, 2.75) is 31.2 Å². The van der Waals surface area contributed by atoms with E-state index in [1.165, 1.54) is 35.1 Å². The Balaban J connectivity index is 2.00. The number of benzene rings is 2. The van der Waals surface area contributed by atoms with Crippen molar-refractivity contribution < 1.29 is 0 Å². The molecule has 1 unspecified atom stereocenters. The van der Waals surface area contributed by atoms with Gasteiger partial charge < -0.3 is 5.32 Å². The first kappa shape index (κ1) is 12.4. The van der Waals surface area contributed by atoms with Crippen LogP contribution in [0, 0.1) is 0 Å². The lowest BCUT2D eigenvalue weighted by atomic mass is 9.79. The van der Waals surface area contributed by atoms with Gasteiger partial charge >= 0.3 is 0 Å². The van der Waals surface area contributed by atoms with E-state index in [9.17, 15) is 0 Å². The maximum Gasteiger partial charge on any atom is 0.0696 e. The molecule has 0 saturated carbocycles. The highest BCUT2D eigenvalue weighted by Crippen LogP contribution is 2.43. The van der Waals surface area contributed by atoms with Gasteiger partial charge in [-0.05, 0) is 66.6 Å². The van der Waals surface area contributed by atoms with Crippen LogP contribution in [0.1, 0.15) is 35.1 Å². The summed E-state index contributed by atoms with van der Waals surface area (Å²) in [7, 11) is 0. The summed E-state index contributed by atoms with van der Waals surface area (Å²) in [6.45, 7) is 1.09. The normalized spacial score (nSPS) is 24.2. The van der Waals surface area contributed by atoms with Crippen molar-refractivity contribution in [1.82, 2.24) is 5.32 Å². The Bertz CT molecular complexity index is 656. The first-order chi connectivity index (χ1) is 9.79. The van der Waals surface area contributed by atoms with E-state index in [4.69, 9.17) is 11.6 Å². The van der Waals surface area contributed by atoms with E-state index in [0.717, 1.165) is 24.4 Å². The van der Waals surface area contributed by atoms with E-state index in [1.807, 2.05) is 6.07 Å². The molecule has 1 nitrogen and oxygen atoms in total. The van der Waals surface area contributed by atoms with E-state index in [1.54, 1.807) is 0 Å². The summed E-state index contributed by atoms with van der Waals surface area (Å²) < 4.78 is 0. The summed E-state index contributed by atoms with van der Waals surface area (Å²) in [5.74, 6) is 0. The minimum absolute atomic E-state index is 0.00696. The molecule has 2 aromatic rings. The maximum absolute atomic E-state index is 6.22. The van der Waals surface area contributed by atoms with Gasteiger partial charge in [-0.1, -0.05) is 41.9 Å². The second kappa shape index (κ2) is 4.61. The molecule has 0 radical (unpaired) electrons. The van der Waals surface area contributed by atoms with Gasteiger partial charge in [-0.2, -0.15) is 0 Å². The average Bonchev–Trinajstić information content (AvgIpc) is 2.91. The van der Waals surface area contributed by atoms with Gasteiger partial charge in [0.05, 0.1) is 5.54 Å². The highest BCUT2D eigenvalue weighted by atomic mass is 35.5. The van der Waals surface area contributed by atoms with Crippen LogP contribution in [0.15, 0.2) is 42.5 Å². The molecule has 1 aliphatic carbocycles. The van der Waals surface area contributed by atoms with Gasteiger partial charge in [0.15, 0.2) is 0 Å². The van der Waals surface area contributed by atoms with Crippen molar-refractivity contribution in [2.75, 3.05) is 6.54 Å². The van der Waals surface area contributed by atoms with E-state index >= 15 is 0 Å². The predicted molar refractivity (Wildman–Crippen MR) is 83.3 cm³/mol. The lowest BCUT2D eigenvalue weighted by Gasteiger charge is -2.32. The van der Waals surface area contributed by atoms with Crippen LogP contribution in [-0.2, 0) is 18.4 Å². The topological polar surface area (TPSA) is 12.0 Å². The number of halogens is 1. The highest BCUT2D eigenvalue weighted by molar-refractivity contribution is 6.30. The second-order valence-corrected chi connectivity index (χ2v) is 6.33. The van der Waals surface area contributed by atoms with Crippen molar-refractivity contribution >= 4 is 11.6 Å². The van der Waals surface area contributed by atoms with Crippen LogP contribution in [0.3, 0.4) is 0 Å². The van der Waals surface area contributed by atoms with Gasteiger partial charge in [-0.3, -0.25) is 0 Å². The third kappa shape index (κ3) is 1.73. The summed E-state index contributed by atoms with van der Waals surface area (Å²) in [5.41, 5.74) is 5.80.